The van der Waals surface area contributed by atoms with E-state index in [1.54, 1.807) is 0 Å². The summed E-state index contributed by atoms with van der Waals surface area (Å²) in [5, 5.41) is 3.35. The highest BCUT2D eigenvalue weighted by atomic mass is 35.5. The third kappa shape index (κ3) is 7.56. The summed E-state index contributed by atoms with van der Waals surface area (Å²) in [5.74, 6) is 1.13. The number of piperidine rings is 1. The standard InChI is InChI=1S/C12H26N2O2S.ClH/c1-3-11(2)10-17(15,16)14-8-6-12-5-4-7-13-9-12;/h11-14H,3-10H2,1-2H3;1H. The SMILES string of the molecule is CCC(C)CS(=O)(=O)NCCC1CCCNC1.Cl. The molecule has 0 amide bonds. The minimum Gasteiger partial charge on any atom is -0.316 e. The van der Waals surface area contributed by atoms with E-state index >= 15 is 0 Å². The van der Waals surface area contributed by atoms with Crippen LogP contribution in [-0.4, -0.2) is 33.8 Å². The van der Waals surface area contributed by atoms with Crippen LogP contribution in [0.15, 0.2) is 0 Å². The van der Waals surface area contributed by atoms with Crippen molar-refractivity contribution in [1.29, 1.82) is 0 Å². The van der Waals surface area contributed by atoms with Crippen LogP contribution in [0.1, 0.15) is 39.5 Å². The largest absolute Gasteiger partial charge is 0.316 e. The Morgan fingerprint density at radius 3 is 2.72 bits per heavy atom. The Labute approximate surface area is 118 Å². The summed E-state index contributed by atoms with van der Waals surface area (Å²) >= 11 is 0. The third-order valence-electron chi connectivity index (χ3n) is 3.47. The van der Waals surface area contributed by atoms with E-state index in [0.717, 1.165) is 25.9 Å². The monoisotopic (exact) mass is 298 g/mol. The van der Waals surface area contributed by atoms with Gasteiger partial charge in [0.05, 0.1) is 5.75 Å². The van der Waals surface area contributed by atoms with Crippen molar-refractivity contribution in [3.63, 3.8) is 0 Å². The van der Waals surface area contributed by atoms with E-state index in [0.29, 0.717) is 12.5 Å². The van der Waals surface area contributed by atoms with Crippen LogP contribution in [0, 0.1) is 11.8 Å². The lowest BCUT2D eigenvalue weighted by atomic mass is 9.96. The van der Waals surface area contributed by atoms with E-state index in [2.05, 4.69) is 10.0 Å². The summed E-state index contributed by atoms with van der Waals surface area (Å²) in [7, 11) is -3.06. The Morgan fingerprint density at radius 2 is 2.17 bits per heavy atom. The van der Waals surface area contributed by atoms with Crippen molar-refractivity contribution in [2.24, 2.45) is 11.8 Å². The first kappa shape index (κ1) is 18.2. The van der Waals surface area contributed by atoms with Gasteiger partial charge in [-0.05, 0) is 44.2 Å². The molecule has 4 nitrogen and oxygen atoms in total. The molecule has 1 heterocycles. The van der Waals surface area contributed by atoms with Crippen LogP contribution in [-0.2, 0) is 10.0 Å². The Kier molecular flexibility index (Phi) is 9.21. The first-order valence-electron chi connectivity index (χ1n) is 6.71. The zero-order valence-corrected chi connectivity index (χ0v) is 13.1. The van der Waals surface area contributed by atoms with E-state index in [4.69, 9.17) is 0 Å². The molecule has 0 radical (unpaired) electrons. The fourth-order valence-corrected chi connectivity index (χ4v) is 3.67. The summed E-state index contributed by atoms with van der Waals surface area (Å²) in [5.41, 5.74) is 0. The van der Waals surface area contributed by atoms with Crippen molar-refractivity contribution in [3.8, 4) is 0 Å². The fraction of sp³-hybridized carbons (Fsp3) is 1.00. The Hall–Kier alpha value is 0.160. The van der Waals surface area contributed by atoms with Gasteiger partial charge in [0, 0.05) is 6.54 Å². The molecule has 0 bridgehead atoms. The highest BCUT2D eigenvalue weighted by Crippen LogP contribution is 2.13. The summed E-state index contributed by atoms with van der Waals surface area (Å²) in [6, 6.07) is 0. The van der Waals surface area contributed by atoms with Crippen LogP contribution in [0.25, 0.3) is 0 Å². The first-order chi connectivity index (χ1) is 8.03. The zero-order valence-electron chi connectivity index (χ0n) is 11.4. The lowest BCUT2D eigenvalue weighted by molar-refractivity contribution is 0.358. The second kappa shape index (κ2) is 9.13. The molecule has 18 heavy (non-hydrogen) atoms. The maximum Gasteiger partial charge on any atom is 0.211 e. The average Bonchev–Trinajstić information content (AvgIpc) is 2.29. The van der Waals surface area contributed by atoms with Crippen molar-refractivity contribution >= 4 is 22.4 Å². The highest BCUT2D eigenvalue weighted by molar-refractivity contribution is 7.89. The lowest BCUT2D eigenvalue weighted by Gasteiger charge is -2.22. The fourth-order valence-electron chi connectivity index (χ4n) is 2.14. The number of sulfonamides is 1. The summed E-state index contributed by atoms with van der Waals surface area (Å²) in [4.78, 5) is 0. The predicted octanol–water partition coefficient (Wildman–Crippen LogP) is 1.76. The van der Waals surface area contributed by atoms with Gasteiger partial charge in [-0.1, -0.05) is 20.3 Å². The molecular formula is C12H27ClN2O2S. The Morgan fingerprint density at radius 1 is 1.44 bits per heavy atom. The van der Waals surface area contributed by atoms with E-state index in [1.165, 1.54) is 12.8 Å². The maximum absolute atomic E-state index is 11.7. The van der Waals surface area contributed by atoms with Gasteiger partial charge in [-0.3, -0.25) is 0 Å². The smallest absolute Gasteiger partial charge is 0.211 e. The number of nitrogens with one attached hydrogen (secondary N) is 2. The molecule has 1 saturated heterocycles. The number of hydrogen-bond acceptors (Lipinski definition) is 3. The van der Waals surface area contributed by atoms with Crippen LogP contribution in [0.3, 0.4) is 0 Å². The van der Waals surface area contributed by atoms with Gasteiger partial charge in [-0.15, -0.1) is 12.4 Å². The van der Waals surface area contributed by atoms with Crippen molar-refractivity contribution in [2.45, 2.75) is 39.5 Å². The quantitative estimate of drug-likeness (QED) is 0.753. The van der Waals surface area contributed by atoms with Crippen LogP contribution >= 0.6 is 12.4 Å². The Bertz CT molecular complexity index is 303. The van der Waals surface area contributed by atoms with Gasteiger partial charge < -0.3 is 5.32 Å². The summed E-state index contributed by atoms with van der Waals surface area (Å²) in [6.45, 7) is 6.73. The molecule has 1 fully saturated rings. The molecule has 6 heteroatoms. The predicted molar refractivity (Wildman–Crippen MR) is 78.7 cm³/mol. The van der Waals surface area contributed by atoms with E-state index in [1.807, 2.05) is 13.8 Å². The Balaban J connectivity index is 0.00000289. The van der Waals surface area contributed by atoms with Gasteiger partial charge in [0.2, 0.25) is 10.0 Å². The molecule has 1 rings (SSSR count). The molecule has 0 aliphatic carbocycles. The van der Waals surface area contributed by atoms with Gasteiger partial charge in [0.25, 0.3) is 0 Å². The van der Waals surface area contributed by atoms with Crippen LogP contribution in [0.4, 0.5) is 0 Å². The topological polar surface area (TPSA) is 58.2 Å². The molecule has 0 aromatic heterocycles. The van der Waals surface area contributed by atoms with Crippen molar-refractivity contribution in [3.05, 3.63) is 0 Å². The van der Waals surface area contributed by atoms with Crippen LogP contribution in [0.5, 0.6) is 0 Å². The van der Waals surface area contributed by atoms with Crippen molar-refractivity contribution < 1.29 is 8.42 Å². The maximum atomic E-state index is 11.7. The van der Waals surface area contributed by atoms with E-state index in [9.17, 15) is 8.42 Å². The molecule has 2 N–H and O–H groups in total. The lowest BCUT2D eigenvalue weighted by Crippen LogP contribution is -2.34. The molecule has 0 aromatic rings. The molecule has 1 aliphatic heterocycles. The minimum absolute atomic E-state index is 0. The van der Waals surface area contributed by atoms with E-state index < -0.39 is 10.0 Å². The van der Waals surface area contributed by atoms with Gasteiger partial charge in [-0.2, -0.15) is 0 Å². The number of halogens is 1. The highest BCUT2D eigenvalue weighted by Gasteiger charge is 2.16. The molecular weight excluding hydrogens is 272 g/mol. The molecule has 110 valence electrons. The zero-order chi connectivity index (χ0) is 12.7. The normalized spacial score (nSPS) is 22.2. The molecule has 0 spiro atoms. The molecule has 2 atom stereocenters. The summed E-state index contributed by atoms with van der Waals surface area (Å²) < 4.78 is 26.1. The third-order valence-corrected chi connectivity index (χ3v) is 5.13. The van der Waals surface area contributed by atoms with E-state index in [-0.39, 0.29) is 24.1 Å². The van der Waals surface area contributed by atoms with Crippen LogP contribution < -0.4 is 10.0 Å². The van der Waals surface area contributed by atoms with Gasteiger partial charge in [0.1, 0.15) is 0 Å². The summed E-state index contributed by atoms with van der Waals surface area (Å²) in [6.07, 6.45) is 4.30. The first-order valence-corrected chi connectivity index (χ1v) is 8.36. The van der Waals surface area contributed by atoms with Gasteiger partial charge in [0.15, 0.2) is 0 Å². The minimum atomic E-state index is -3.06. The van der Waals surface area contributed by atoms with Crippen LogP contribution in [0.2, 0.25) is 0 Å². The van der Waals surface area contributed by atoms with Crippen molar-refractivity contribution in [1.82, 2.24) is 10.0 Å². The van der Waals surface area contributed by atoms with Gasteiger partial charge in [-0.25, -0.2) is 13.1 Å². The molecule has 0 saturated carbocycles. The van der Waals surface area contributed by atoms with Gasteiger partial charge >= 0.3 is 0 Å². The molecule has 2 unspecified atom stereocenters. The molecule has 0 aromatic carbocycles. The number of rotatable bonds is 7. The molecule has 1 aliphatic rings. The average molecular weight is 299 g/mol. The second-order valence-corrected chi connectivity index (χ2v) is 7.04. The number of hydrogen-bond donors (Lipinski definition) is 2. The van der Waals surface area contributed by atoms with Crippen molar-refractivity contribution in [2.75, 3.05) is 25.4 Å². The second-order valence-electron chi connectivity index (χ2n) is 5.19.